The predicted octanol–water partition coefficient (Wildman–Crippen LogP) is 6.29. The summed E-state index contributed by atoms with van der Waals surface area (Å²) in [5.74, 6) is 0.779. The van der Waals surface area contributed by atoms with Gasteiger partial charge in [0.2, 0.25) is 0 Å². The molecule has 224 valence electrons. The second kappa shape index (κ2) is 11.5. The van der Waals surface area contributed by atoms with E-state index >= 15 is 0 Å². The van der Waals surface area contributed by atoms with E-state index in [1.165, 1.54) is 16.8 Å². The number of fused-ring (bicyclic) bond motifs is 1. The van der Waals surface area contributed by atoms with Crippen molar-refractivity contribution >= 4 is 18.7 Å². The van der Waals surface area contributed by atoms with Crippen molar-refractivity contribution in [2.45, 2.75) is 96.4 Å². The fraction of sp³-hybridized carbons (Fsp3) is 0.657. The molecule has 0 aromatic heterocycles. The molecule has 0 amide bonds. The van der Waals surface area contributed by atoms with Crippen molar-refractivity contribution in [2.24, 2.45) is 23.2 Å². The van der Waals surface area contributed by atoms with Gasteiger partial charge >= 0.3 is 0 Å². The first-order valence-corrected chi connectivity index (χ1v) is 17.8. The van der Waals surface area contributed by atoms with E-state index in [0.29, 0.717) is 18.4 Å². The van der Waals surface area contributed by atoms with Gasteiger partial charge in [-0.1, -0.05) is 95.3 Å². The third-order valence-electron chi connectivity index (χ3n) is 10.1. The molecule has 4 fully saturated rings. The van der Waals surface area contributed by atoms with E-state index in [9.17, 15) is 0 Å². The third-order valence-corrected chi connectivity index (χ3v) is 15.1. The maximum absolute atomic E-state index is 7.52. The third kappa shape index (κ3) is 5.85. The lowest BCUT2D eigenvalue weighted by Gasteiger charge is -2.45. The molecule has 2 aliphatic heterocycles. The minimum absolute atomic E-state index is 0.0609. The zero-order valence-electron chi connectivity index (χ0n) is 25.8. The standard InChI is InChI=1S/C35H50O5Si/c1-33(2,3)41(27-14-8-6-9-15-27,28-16-10-7-11-17-28)39-23-30-29-22-35(37-24-34(4,5)25-38-35)21-26(29)20-31(30)40-32-18-12-13-19-36-32/h6-11,14-17,26,29-32H,12-13,18-25H2,1-5H3/t26-,29+,30-,31-,32?/m1/s1. The van der Waals surface area contributed by atoms with Crippen molar-refractivity contribution in [2.75, 3.05) is 26.4 Å². The summed E-state index contributed by atoms with van der Waals surface area (Å²) < 4.78 is 33.5. The maximum Gasteiger partial charge on any atom is 0.261 e. The van der Waals surface area contributed by atoms with E-state index in [2.05, 4.69) is 95.3 Å². The number of ether oxygens (including phenoxy) is 4. The summed E-state index contributed by atoms with van der Waals surface area (Å²) in [6.45, 7) is 14.5. The lowest BCUT2D eigenvalue weighted by Crippen LogP contribution is -2.67. The SMILES string of the molecule is CC1(C)COC2(C[C@H]3C[C@@H](OC4CCCCO4)[C@H](CO[Si](c4ccccc4)(c4ccccc4)C(C)(C)C)[C@H]3C2)OC1. The van der Waals surface area contributed by atoms with E-state index in [0.717, 1.165) is 51.9 Å². The van der Waals surface area contributed by atoms with Crippen LogP contribution in [0, 0.1) is 23.2 Å². The second-order valence-electron chi connectivity index (χ2n) is 14.8. The van der Waals surface area contributed by atoms with Crippen LogP contribution in [-0.2, 0) is 23.4 Å². The van der Waals surface area contributed by atoms with Crippen molar-refractivity contribution in [3.8, 4) is 0 Å². The van der Waals surface area contributed by atoms with Crippen LogP contribution in [0.15, 0.2) is 60.7 Å². The minimum Gasteiger partial charge on any atom is -0.407 e. The average Bonchev–Trinajstić information content (AvgIpc) is 3.46. The number of benzene rings is 2. The van der Waals surface area contributed by atoms with E-state index in [1.807, 2.05) is 0 Å². The maximum atomic E-state index is 7.52. The Labute approximate surface area is 248 Å². The van der Waals surface area contributed by atoms with Crippen LogP contribution in [0.4, 0.5) is 0 Å². The second-order valence-corrected chi connectivity index (χ2v) is 19.1. The summed E-state index contributed by atoms with van der Waals surface area (Å²) in [5.41, 5.74) is 0.0682. The van der Waals surface area contributed by atoms with Gasteiger partial charge in [0, 0.05) is 37.4 Å². The van der Waals surface area contributed by atoms with Crippen LogP contribution in [0.5, 0.6) is 0 Å². The summed E-state index contributed by atoms with van der Waals surface area (Å²) in [6.07, 6.45) is 6.22. The first-order chi connectivity index (χ1) is 19.6. The highest BCUT2D eigenvalue weighted by Crippen LogP contribution is 2.56. The van der Waals surface area contributed by atoms with Gasteiger partial charge in [0.15, 0.2) is 12.1 Å². The molecule has 2 saturated carbocycles. The molecular formula is C35H50O5Si. The average molecular weight is 579 g/mol. The van der Waals surface area contributed by atoms with Gasteiger partial charge in [-0.05, 0) is 52.9 Å². The van der Waals surface area contributed by atoms with Crippen LogP contribution in [0.25, 0.3) is 0 Å². The number of hydrogen-bond donors (Lipinski definition) is 0. The molecule has 0 radical (unpaired) electrons. The normalized spacial score (nSPS) is 31.3. The molecule has 1 unspecified atom stereocenters. The van der Waals surface area contributed by atoms with Crippen LogP contribution in [-0.4, -0.2) is 52.9 Å². The first-order valence-electron chi connectivity index (χ1n) is 15.9. The Bertz CT molecular complexity index is 1090. The Kier molecular flexibility index (Phi) is 8.29. The van der Waals surface area contributed by atoms with Crippen molar-refractivity contribution in [3.05, 3.63) is 60.7 Å². The van der Waals surface area contributed by atoms with Gasteiger partial charge in [-0.25, -0.2) is 0 Å². The molecule has 0 N–H and O–H groups in total. The first kappa shape index (κ1) is 29.5. The molecule has 41 heavy (non-hydrogen) atoms. The molecule has 2 aliphatic carbocycles. The van der Waals surface area contributed by atoms with Crippen molar-refractivity contribution in [1.29, 1.82) is 0 Å². The van der Waals surface area contributed by atoms with Gasteiger partial charge in [-0.3, -0.25) is 0 Å². The molecule has 5 nitrogen and oxygen atoms in total. The van der Waals surface area contributed by atoms with Crippen molar-refractivity contribution in [3.63, 3.8) is 0 Å². The molecular weight excluding hydrogens is 528 g/mol. The van der Waals surface area contributed by atoms with E-state index in [1.54, 1.807) is 0 Å². The largest absolute Gasteiger partial charge is 0.407 e. The number of rotatable bonds is 7. The molecule has 6 rings (SSSR count). The molecule has 2 aromatic carbocycles. The van der Waals surface area contributed by atoms with E-state index in [4.69, 9.17) is 23.4 Å². The highest BCUT2D eigenvalue weighted by Gasteiger charge is 2.59. The zero-order chi connectivity index (χ0) is 28.7. The smallest absolute Gasteiger partial charge is 0.261 e. The van der Waals surface area contributed by atoms with Crippen LogP contribution < -0.4 is 10.4 Å². The predicted molar refractivity (Wildman–Crippen MR) is 165 cm³/mol. The van der Waals surface area contributed by atoms with Gasteiger partial charge < -0.3 is 23.4 Å². The van der Waals surface area contributed by atoms with E-state index < -0.39 is 14.1 Å². The Balaban J connectivity index is 1.31. The fourth-order valence-electron chi connectivity index (χ4n) is 8.02. The fourth-order valence-corrected chi connectivity index (χ4v) is 12.6. The Morgan fingerprint density at radius 3 is 2.07 bits per heavy atom. The molecule has 1 spiro atoms. The Hall–Kier alpha value is -1.54. The van der Waals surface area contributed by atoms with Crippen LogP contribution in [0.2, 0.25) is 5.04 Å². The minimum atomic E-state index is -2.66. The summed E-state index contributed by atoms with van der Waals surface area (Å²) >= 11 is 0. The number of hydrogen-bond acceptors (Lipinski definition) is 5. The van der Waals surface area contributed by atoms with Gasteiger partial charge in [0.05, 0.1) is 19.3 Å². The summed E-state index contributed by atoms with van der Waals surface area (Å²) in [6, 6.07) is 22.0. The van der Waals surface area contributed by atoms with E-state index in [-0.39, 0.29) is 28.8 Å². The van der Waals surface area contributed by atoms with Crippen molar-refractivity contribution in [1.82, 2.24) is 0 Å². The van der Waals surface area contributed by atoms with Gasteiger partial charge in [-0.2, -0.15) is 0 Å². The molecule has 4 aliphatic rings. The monoisotopic (exact) mass is 578 g/mol. The molecule has 2 saturated heterocycles. The van der Waals surface area contributed by atoms with Gasteiger partial charge in [-0.15, -0.1) is 0 Å². The summed E-state index contributed by atoms with van der Waals surface area (Å²) in [4.78, 5) is 0. The summed E-state index contributed by atoms with van der Waals surface area (Å²) in [5, 5.41) is 2.59. The molecule has 5 atom stereocenters. The van der Waals surface area contributed by atoms with Crippen LogP contribution >= 0.6 is 0 Å². The molecule has 2 aromatic rings. The molecule has 0 bridgehead atoms. The quantitative estimate of drug-likeness (QED) is 0.362. The zero-order valence-corrected chi connectivity index (χ0v) is 26.8. The topological polar surface area (TPSA) is 46.2 Å². The van der Waals surface area contributed by atoms with Crippen molar-refractivity contribution < 1.29 is 23.4 Å². The Morgan fingerprint density at radius 2 is 1.51 bits per heavy atom. The van der Waals surface area contributed by atoms with Crippen LogP contribution in [0.1, 0.15) is 73.1 Å². The Morgan fingerprint density at radius 1 is 0.878 bits per heavy atom. The molecule has 2 heterocycles. The lowest BCUT2D eigenvalue weighted by molar-refractivity contribution is -0.299. The molecule has 6 heteroatoms. The lowest BCUT2D eigenvalue weighted by atomic mass is 9.91. The highest BCUT2D eigenvalue weighted by atomic mass is 28.4. The van der Waals surface area contributed by atoms with Crippen LogP contribution in [0.3, 0.4) is 0 Å². The summed E-state index contributed by atoms with van der Waals surface area (Å²) in [7, 11) is -2.66. The highest BCUT2D eigenvalue weighted by molar-refractivity contribution is 6.99. The van der Waals surface area contributed by atoms with Gasteiger partial charge in [0.25, 0.3) is 8.32 Å². The van der Waals surface area contributed by atoms with Gasteiger partial charge in [0.1, 0.15) is 0 Å².